The van der Waals surface area contributed by atoms with Crippen molar-refractivity contribution in [3.05, 3.63) is 29.3 Å². The van der Waals surface area contributed by atoms with E-state index in [1.165, 1.54) is 0 Å². The number of nitrogens with zero attached hydrogens (tertiary/aromatic N) is 1. The molecule has 0 unspecified atom stereocenters. The molecule has 1 aliphatic heterocycles. The number of rotatable bonds is 1. The molecule has 0 radical (unpaired) electrons. The molecule has 0 fully saturated rings. The monoisotopic (exact) mass is 240 g/mol. The average molecular weight is 241 g/mol. The third-order valence-corrected chi connectivity index (χ3v) is 3.59. The number of amidine groups is 1. The Bertz CT molecular complexity index is 401. The molecule has 0 amide bonds. The molecular formula is C11H13ClN2S. The van der Waals surface area contributed by atoms with Crippen LogP contribution in [0.25, 0.3) is 0 Å². The molecule has 2 rings (SSSR count). The van der Waals surface area contributed by atoms with Crippen LogP contribution in [0.2, 0.25) is 5.02 Å². The number of halogens is 1. The van der Waals surface area contributed by atoms with E-state index in [0.29, 0.717) is 0 Å². The van der Waals surface area contributed by atoms with Gasteiger partial charge in [0.05, 0.1) is 5.54 Å². The highest BCUT2D eigenvalue weighted by Crippen LogP contribution is 2.28. The van der Waals surface area contributed by atoms with Gasteiger partial charge in [-0.2, -0.15) is 0 Å². The van der Waals surface area contributed by atoms with Crippen molar-refractivity contribution in [3.63, 3.8) is 0 Å². The maximum atomic E-state index is 5.90. The summed E-state index contributed by atoms with van der Waals surface area (Å²) in [6.45, 7) is 4.26. The first-order valence-corrected chi connectivity index (χ1v) is 6.17. The second-order valence-corrected chi connectivity index (χ2v) is 5.55. The quantitative estimate of drug-likeness (QED) is 0.811. The molecule has 1 aromatic carbocycles. The molecular weight excluding hydrogens is 228 g/mol. The molecule has 0 bridgehead atoms. The Morgan fingerprint density at radius 2 is 2.27 bits per heavy atom. The zero-order valence-electron chi connectivity index (χ0n) is 8.75. The van der Waals surface area contributed by atoms with Gasteiger partial charge in [-0.3, -0.25) is 4.99 Å². The van der Waals surface area contributed by atoms with Crippen LogP contribution in [-0.4, -0.2) is 16.5 Å². The fourth-order valence-electron chi connectivity index (χ4n) is 1.34. The highest BCUT2D eigenvalue weighted by Gasteiger charge is 2.25. The molecule has 2 nitrogen and oxygen atoms in total. The fraction of sp³-hybridized carbons (Fsp3) is 0.364. The topological polar surface area (TPSA) is 24.4 Å². The van der Waals surface area contributed by atoms with Crippen LogP contribution >= 0.6 is 23.4 Å². The number of hydrogen-bond acceptors (Lipinski definition) is 3. The van der Waals surface area contributed by atoms with E-state index < -0.39 is 0 Å². The fourth-order valence-corrected chi connectivity index (χ4v) is 2.58. The van der Waals surface area contributed by atoms with Crippen LogP contribution in [0.4, 0.5) is 5.69 Å². The Morgan fingerprint density at radius 3 is 2.87 bits per heavy atom. The summed E-state index contributed by atoms with van der Waals surface area (Å²) in [6.07, 6.45) is 0. The summed E-state index contributed by atoms with van der Waals surface area (Å²) in [5, 5.41) is 4.98. The minimum absolute atomic E-state index is 0.0472. The minimum Gasteiger partial charge on any atom is -0.335 e. The van der Waals surface area contributed by atoms with E-state index in [9.17, 15) is 0 Å². The molecule has 0 atom stereocenters. The summed E-state index contributed by atoms with van der Waals surface area (Å²) >= 11 is 7.65. The first-order valence-electron chi connectivity index (χ1n) is 4.80. The van der Waals surface area contributed by atoms with Gasteiger partial charge in [0, 0.05) is 16.5 Å². The Morgan fingerprint density at radius 1 is 1.47 bits per heavy atom. The predicted molar refractivity (Wildman–Crippen MR) is 69.0 cm³/mol. The van der Waals surface area contributed by atoms with Gasteiger partial charge < -0.3 is 5.32 Å². The summed E-state index contributed by atoms with van der Waals surface area (Å²) in [7, 11) is 0. The molecule has 0 aromatic heterocycles. The number of nitrogens with one attached hydrogen (secondary N) is 1. The van der Waals surface area contributed by atoms with Gasteiger partial charge in [0.1, 0.15) is 0 Å². The van der Waals surface area contributed by atoms with E-state index >= 15 is 0 Å². The summed E-state index contributed by atoms with van der Waals surface area (Å²) in [5.74, 6) is 1.02. The third kappa shape index (κ3) is 2.89. The molecule has 1 aromatic rings. The molecule has 0 saturated heterocycles. The number of anilines is 1. The van der Waals surface area contributed by atoms with Crippen molar-refractivity contribution in [1.82, 2.24) is 0 Å². The smallest absolute Gasteiger partial charge is 0.161 e. The van der Waals surface area contributed by atoms with Crippen molar-refractivity contribution in [1.29, 1.82) is 0 Å². The van der Waals surface area contributed by atoms with E-state index in [0.717, 1.165) is 21.6 Å². The zero-order chi connectivity index (χ0) is 10.9. The van der Waals surface area contributed by atoms with Crippen LogP contribution in [-0.2, 0) is 0 Å². The Kier molecular flexibility index (Phi) is 2.94. The number of hydrogen-bond donors (Lipinski definition) is 1. The van der Waals surface area contributed by atoms with Gasteiger partial charge >= 0.3 is 0 Å². The van der Waals surface area contributed by atoms with Crippen molar-refractivity contribution in [2.75, 3.05) is 11.1 Å². The van der Waals surface area contributed by atoms with E-state index in [1.807, 2.05) is 24.3 Å². The SMILES string of the molecule is CC1(C)CSC(Nc2cccc(Cl)c2)=N1. The van der Waals surface area contributed by atoms with E-state index in [-0.39, 0.29) is 5.54 Å². The predicted octanol–water partition coefficient (Wildman–Crippen LogP) is 3.63. The van der Waals surface area contributed by atoms with E-state index in [4.69, 9.17) is 11.6 Å². The molecule has 0 aliphatic carbocycles. The molecule has 4 heteroatoms. The van der Waals surface area contributed by atoms with Crippen molar-refractivity contribution in [2.45, 2.75) is 19.4 Å². The van der Waals surface area contributed by atoms with Gasteiger partial charge in [0.25, 0.3) is 0 Å². The standard InChI is InChI=1S/C11H13ClN2S/c1-11(2)7-15-10(14-11)13-9-5-3-4-8(12)6-9/h3-6H,7H2,1-2H3,(H,13,14). The van der Waals surface area contributed by atoms with Crippen LogP contribution in [0.15, 0.2) is 29.3 Å². The van der Waals surface area contributed by atoms with Gasteiger partial charge in [-0.05, 0) is 32.0 Å². The lowest BCUT2D eigenvalue weighted by Crippen LogP contribution is -2.15. The van der Waals surface area contributed by atoms with Crippen LogP contribution in [0.1, 0.15) is 13.8 Å². The summed E-state index contributed by atoms with van der Waals surface area (Å²) in [4.78, 5) is 4.57. The first-order chi connectivity index (χ1) is 7.05. The molecule has 1 heterocycles. The molecule has 0 saturated carbocycles. The van der Waals surface area contributed by atoms with Crippen LogP contribution in [0.5, 0.6) is 0 Å². The van der Waals surface area contributed by atoms with Crippen molar-refractivity contribution in [2.24, 2.45) is 4.99 Å². The summed E-state index contributed by atoms with van der Waals surface area (Å²) < 4.78 is 0. The maximum Gasteiger partial charge on any atom is 0.161 e. The molecule has 80 valence electrons. The second kappa shape index (κ2) is 4.06. The van der Waals surface area contributed by atoms with Gasteiger partial charge in [-0.1, -0.05) is 29.4 Å². The van der Waals surface area contributed by atoms with E-state index in [1.54, 1.807) is 11.8 Å². The van der Waals surface area contributed by atoms with Gasteiger partial charge in [-0.15, -0.1) is 0 Å². The molecule has 0 spiro atoms. The lowest BCUT2D eigenvalue weighted by atomic mass is 10.1. The molecule has 15 heavy (non-hydrogen) atoms. The number of thioether (sulfide) groups is 1. The van der Waals surface area contributed by atoms with Gasteiger partial charge in [-0.25, -0.2) is 0 Å². The Balaban J connectivity index is 2.10. The largest absolute Gasteiger partial charge is 0.335 e. The Labute approximate surface area is 99.1 Å². The average Bonchev–Trinajstić information content (AvgIpc) is 2.45. The van der Waals surface area contributed by atoms with E-state index in [2.05, 4.69) is 24.2 Å². The summed E-state index contributed by atoms with van der Waals surface area (Å²) in [5.41, 5.74) is 1.04. The van der Waals surface area contributed by atoms with Gasteiger partial charge in [0.2, 0.25) is 0 Å². The third-order valence-electron chi connectivity index (χ3n) is 2.04. The maximum absolute atomic E-state index is 5.90. The van der Waals surface area contributed by atoms with Crippen molar-refractivity contribution >= 4 is 34.2 Å². The van der Waals surface area contributed by atoms with Crippen LogP contribution < -0.4 is 5.32 Å². The first kappa shape index (κ1) is 10.8. The van der Waals surface area contributed by atoms with Crippen molar-refractivity contribution < 1.29 is 0 Å². The lowest BCUT2D eigenvalue weighted by Gasteiger charge is -2.09. The molecule has 1 N–H and O–H groups in total. The van der Waals surface area contributed by atoms with Gasteiger partial charge in [0.15, 0.2) is 5.17 Å². The molecule has 1 aliphatic rings. The van der Waals surface area contributed by atoms with Crippen LogP contribution in [0.3, 0.4) is 0 Å². The summed E-state index contributed by atoms with van der Waals surface area (Å²) in [6, 6.07) is 7.67. The normalized spacial score (nSPS) is 18.7. The number of benzene rings is 1. The lowest BCUT2D eigenvalue weighted by molar-refractivity contribution is 0.605. The minimum atomic E-state index is 0.0472. The van der Waals surface area contributed by atoms with Crippen LogP contribution in [0, 0.1) is 0 Å². The van der Waals surface area contributed by atoms with Crippen molar-refractivity contribution in [3.8, 4) is 0 Å². The number of aliphatic imine (C=N–C) groups is 1. The highest BCUT2D eigenvalue weighted by molar-refractivity contribution is 8.14. The second-order valence-electron chi connectivity index (χ2n) is 4.15. The Hall–Kier alpha value is -0.670. The zero-order valence-corrected chi connectivity index (χ0v) is 10.3. The highest BCUT2D eigenvalue weighted by atomic mass is 35.5.